The van der Waals surface area contributed by atoms with Crippen LogP contribution in [0, 0.1) is 0 Å². The van der Waals surface area contributed by atoms with Gasteiger partial charge in [-0.1, -0.05) is 6.07 Å². The van der Waals surface area contributed by atoms with Crippen molar-refractivity contribution in [1.29, 1.82) is 0 Å². The van der Waals surface area contributed by atoms with Crippen LogP contribution in [0.25, 0.3) is 6.08 Å². The highest BCUT2D eigenvalue weighted by Crippen LogP contribution is 2.28. The second-order valence-corrected chi connectivity index (χ2v) is 5.72. The molecule has 0 radical (unpaired) electrons. The van der Waals surface area contributed by atoms with Crippen LogP contribution in [0.3, 0.4) is 0 Å². The number of rotatable bonds is 9. The number of amides is 1. The van der Waals surface area contributed by atoms with Crippen LogP contribution in [0.4, 0.5) is 0 Å². The van der Waals surface area contributed by atoms with E-state index in [0.29, 0.717) is 24.7 Å². The molecule has 0 unspecified atom stereocenters. The van der Waals surface area contributed by atoms with Crippen LogP contribution in [0.1, 0.15) is 25.3 Å². The molecule has 0 aromatic heterocycles. The minimum Gasteiger partial charge on any atom is -0.493 e. The quantitative estimate of drug-likeness (QED) is 0.533. The van der Waals surface area contributed by atoms with Gasteiger partial charge in [-0.25, -0.2) is 4.79 Å². The second kappa shape index (κ2) is 10.5. The second-order valence-electron chi connectivity index (χ2n) is 5.72. The van der Waals surface area contributed by atoms with Gasteiger partial charge in [0.15, 0.2) is 18.1 Å². The molecule has 7 nitrogen and oxygen atoms in total. The third-order valence-electron chi connectivity index (χ3n) is 3.80. The molecule has 2 rings (SSSR count). The lowest BCUT2D eigenvalue weighted by Gasteiger charge is -2.10. The fourth-order valence-corrected chi connectivity index (χ4v) is 2.50. The van der Waals surface area contributed by atoms with Crippen LogP contribution < -0.4 is 14.8 Å². The van der Waals surface area contributed by atoms with Crippen molar-refractivity contribution in [1.82, 2.24) is 5.32 Å². The minimum absolute atomic E-state index is 0.0594. The molecule has 142 valence electrons. The Bertz CT molecular complexity index is 637. The number of benzene rings is 1. The largest absolute Gasteiger partial charge is 0.493 e. The van der Waals surface area contributed by atoms with Gasteiger partial charge in [-0.05, 0) is 43.5 Å². The standard InChI is InChI=1S/C19H25NO6/c1-3-24-16-8-6-14(11-17(16)23-2)7-9-19(22)26-13-18(21)20-12-15-5-4-10-25-15/h6-9,11,15H,3-5,10,12-13H2,1-2H3,(H,20,21)/b9-7+/t15-/m0/s1. The first-order chi connectivity index (χ1) is 12.6. The summed E-state index contributed by atoms with van der Waals surface area (Å²) in [6, 6.07) is 5.32. The van der Waals surface area contributed by atoms with Gasteiger partial charge in [-0.3, -0.25) is 4.79 Å². The number of ether oxygens (including phenoxy) is 4. The van der Waals surface area contributed by atoms with E-state index in [4.69, 9.17) is 18.9 Å². The van der Waals surface area contributed by atoms with Crippen molar-refractivity contribution in [3.05, 3.63) is 29.8 Å². The number of esters is 1. The van der Waals surface area contributed by atoms with Crippen molar-refractivity contribution in [2.75, 3.05) is 33.5 Å². The molecule has 1 amide bonds. The minimum atomic E-state index is -0.592. The van der Waals surface area contributed by atoms with Crippen LogP contribution in [0.2, 0.25) is 0 Å². The van der Waals surface area contributed by atoms with Crippen molar-refractivity contribution in [3.8, 4) is 11.5 Å². The average molecular weight is 363 g/mol. The number of hydrogen-bond donors (Lipinski definition) is 1. The highest BCUT2D eigenvalue weighted by molar-refractivity contribution is 5.89. The lowest BCUT2D eigenvalue weighted by atomic mass is 10.2. The van der Waals surface area contributed by atoms with E-state index in [0.717, 1.165) is 25.0 Å². The average Bonchev–Trinajstić information content (AvgIpc) is 3.17. The molecule has 1 saturated heterocycles. The number of hydrogen-bond acceptors (Lipinski definition) is 6. The van der Waals surface area contributed by atoms with Gasteiger partial charge in [0.2, 0.25) is 0 Å². The van der Waals surface area contributed by atoms with Crippen molar-refractivity contribution in [2.45, 2.75) is 25.9 Å². The molecular weight excluding hydrogens is 338 g/mol. The molecule has 1 aromatic rings. The fourth-order valence-electron chi connectivity index (χ4n) is 2.50. The van der Waals surface area contributed by atoms with Crippen molar-refractivity contribution in [2.24, 2.45) is 0 Å². The summed E-state index contributed by atoms with van der Waals surface area (Å²) in [7, 11) is 1.55. The van der Waals surface area contributed by atoms with Gasteiger partial charge < -0.3 is 24.3 Å². The highest BCUT2D eigenvalue weighted by Gasteiger charge is 2.16. The highest BCUT2D eigenvalue weighted by atomic mass is 16.5. The summed E-state index contributed by atoms with van der Waals surface area (Å²) in [6.07, 6.45) is 4.86. The van der Waals surface area contributed by atoms with E-state index in [9.17, 15) is 9.59 Å². The topological polar surface area (TPSA) is 83.1 Å². The van der Waals surface area contributed by atoms with E-state index in [-0.39, 0.29) is 18.6 Å². The zero-order valence-electron chi connectivity index (χ0n) is 15.2. The molecule has 1 atom stereocenters. The summed E-state index contributed by atoms with van der Waals surface area (Å²) in [5.41, 5.74) is 0.755. The Kier molecular flexibility index (Phi) is 7.95. The Morgan fingerprint density at radius 3 is 2.88 bits per heavy atom. The molecule has 1 aromatic carbocycles. The molecule has 1 N–H and O–H groups in total. The predicted octanol–water partition coefficient (Wildman–Crippen LogP) is 1.95. The van der Waals surface area contributed by atoms with Gasteiger partial charge in [0.25, 0.3) is 5.91 Å². The van der Waals surface area contributed by atoms with Gasteiger partial charge in [-0.15, -0.1) is 0 Å². The SMILES string of the molecule is CCOc1ccc(/C=C/C(=O)OCC(=O)NC[C@@H]2CCCO2)cc1OC. The predicted molar refractivity (Wildman–Crippen MR) is 96.1 cm³/mol. The molecule has 0 bridgehead atoms. The molecule has 0 spiro atoms. The van der Waals surface area contributed by atoms with E-state index in [2.05, 4.69) is 5.32 Å². The molecule has 1 heterocycles. The van der Waals surface area contributed by atoms with Crippen LogP contribution in [-0.2, 0) is 19.1 Å². The van der Waals surface area contributed by atoms with Gasteiger partial charge in [0.1, 0.15) is 0 Å². The normalized spacial score (nSPS) is 16.5. The van der Waals surface area contributed by atoms with E-state index >= 15 is 0 Å². The summed E-state index contributed by atoms with van der Waals surface area (Å²) in [6.45, 7) is 3.28. The molecule has 0 aliphatic carbocycles. The van der Waals surface area contributed by atoms with E-state index in [1.165, 1.54) is 6.08 Å². The first kappa shape index (κ1) is 19.8. The van der Waals surface area contributed by atoms with Crippen molar-refractivity contribution in [3.63, 3.8) is 0 Å². The van der Waals surface area contributed by atoms with E-state index in [1.807, 2.05) is 6.92 Å². The fraction of sp³-hybridized carbons (Fsp3) is 0.474. The van der Waals surface area contributed by atoms with Crippen LogP contribution in [0.15, 0.2) is 24.3 Å². The lowest BCUT2D eigenvalue weighted by molar-refractivity contribution is -0.143. The maximum absolute atomic E-state index is 11.7. The maximum Gasteiger partial charge on any atom is 0.331 e. The molecule has 0 saturated carbocycles. The summed E-state index contributed by atoms with van der Waals surface area (Å²) >= 11 is 0. The Hall–Kier alpha value is -2.54. The summed E-state index contributed by atoms with van der Waals surface area (Å²) in [5.74, 6) is 0.281. The summed E-state index contributed by atoms with van der Waals surface area (Å²) < 4.78 is 21.0. The molecular formula is C19H25NO6. The summed E-state index contributed by atoms with van der Waals surface area (Å²) in [4.78, 5) is 23.4. The van der Waals surface area contributed by atoms with Gasteiger partial charge in [0.05, 0.1) is 19.8 Å². The third-order valence-corrected chi connectivity index (χ3v) is 3.80. The van der Waals surface area contributed by atoms with Gasteiger partial charge >= 0.3 is 5.97 Å². The Morgan fingerprint density at radius 2 is 2.19 bits per heavy atom. The van der Waals surface area contributed by atoms with Crippen molar-refractivity contribution >= 4 is 18.0 Å². The molecule has 1 fully saturated rings. The van der Waals surface area contributed by atoms with Gasteiger partial charge in [0, 0.05) is 19.2 Å². The number of carbonyl (C=O) groups is 2. The monoisotopic (exact) mass is 363 g/mol. The van der Waals surface area contributed by atoms with Crippen molar-refractivity contribution < 1.29 is 28.5 Å². The number of nitrogens with one attached hydrogen (secondary N) is 1. The Labute approximate surface area is 153 Å². The Morgan fingerprint density at radius 1 is 1.35 bits per heavy atom. The number of methoxy groups -OCH3 is 1. The molecule has 7 heteroatoms. The third kappa shape index (κ3) is 6.40. The molecule has 1 aliphatic rings. The smallest absolute Gasteiger partial charge is 0.331 e. The van der Waals surface area contributed by atoms with E-state index in [1.54, 1.807) is 31.4 Å². The lowest BCUT2D eigenvalue weighted by Crippen LogP contribution is -2.34. The first-order valence-corrected chi connectivity index (χ1v) is 8.66. The summed E-state index contributed by atoms with van der Waals surface area (Å²) in [5, 5.41) is 2.69. The molecule has 26 heavy (non-hydrogen) atoms. The first-order valence-electron chi connectivity index (χ1n) is 8.66. The van der Waals surface area contributed by atoms with E-state index < -0.39 is 5.97 Å². The zero-order chi connectivity index (χ0) is 18.8. The Balaban J connectivity index is 1.76. The van der Waals surface area contributed by atoms with Gasteiger partial charge in [-0.2, -0.15) is 0 Å². The van der Waals surface area contributed by atoms with Crippen LogP contribution in [0.5, 0.6) is 11.5 Å². The maximum atomic E-state index is 11.7. The zero-order valence-corrected chi connectivity index (χ0v) is 15.2. The van der Waals surface area contributed by atoms with Crippen LogP contribution in [-0.4, -0.2) is 51.5 Å². The van der Waals surface area contributed by atoms with Crippen LogP contribution >= 0.6 is 0 Å². The molecule has 1 aliphatic heterocycles. The number of carbonyl (C=O) groups excluding carboxylic acids is 2.